The molecule has 1 aliphatic heterocycles. The van der Waals surface area contributed by atoms with E-state index in [1.807, 2.05) is 63.2 Å². The first-order valence-electron chi connectivity index (χ1n) is 9.69. The highest BCUT2D eigenvalue weighted by atomic mass is 16.6. The lowest BCUT2D eigenvalue weighted by atomic mass is 10.1. The maximum atomic E-state index is 12.6. The van der Waals surface area contributed by atoms with E-state index in [0.29, 0.717) is 31.9 Å². The topological polar surface area (TPSA) is 59.1 Å². The summed E-state index contributed by atoms with van der Waals surface area (Å²) in [5.41, 5.74) is -0.521. The van der Waals surface area contributed by atoms with Crippen LogP contribution in [0, 0.1) is 0 Å². The van der Waals surface area contributed by atoms with Gasteiger partial charge in [0, 0.05) is 26.2 Å². The van der Waals surface area contributed by atoms with E-state index in [4.69, 9.17) is 9.47 Å². The van der Waals surface area contributed by atoms with Crippen LogP contribution in [0.25, 0.3) is 10.8 Å². The lowest BCUT2D eigenvalue weighted by molar-refractivity contribution is -0.133. The van der Waals surface area contributed by atoms with Crippen LogP contribution in [0.5, 0.6) is 5.75 Å². The summed E-state index contributed by atoms with van der Waals surface area (Å²) in [5.74, 6) is 0.608. The average molecular weight is 384 g/mol. The second kappa shape index (κ2) is 8.50. The molecule has 2 aromatic rings. The highest BCUT2D eigenvalue weighted by Gasteiger charge is 2.26. The fourth-order valence-electron chi connectivity index (χ4n) is 3.17. The normalized spacial score (nSPS) is 15.2. The minimum atomic E-state index is -0.521. The van der Waals surface area contributed by atoms with E-state index >= 15 is 0 Å². The molecule has 0 radical (unpaired) electrons. The maximum Gasteiger partial charge on any atom is 0.410 e. The van der Waals surface area contributed by atoms with Gasteiger partial charge in [-0.05, 0) is 50.1 Å². The van der Waals surface area contributed by atoms with Crippen LogP contribution >= 0.6 is 0 Å². The van der Waals surface area contributed by atoms with Crippen molar-refractivity contribution in [1.82, 2.24) is 9.80 Å². The minimum Gasteiger partial charge on any atom is -0.484 e. The molecule has 1 saturated heterocycles. The molecule has 1 aliphatic rings. The molecule has 0 N–H and O–H groups in total. The Morgan fingerprint density at radius 2 is 1.61 bits per heavy atom. The maximum absolute atomic E-state index is 12.6. The molecule has 2 aromatic carbocycles. The molecule has 2 amide bonds. The van der Waals surface area contributed by atoms with Gasteiger partial charge in [0.05, 0.1) is 0 Å². The fourth-order valence-corrected chi connectivity index (χ4v) is 3.17. The zero-order chi connectivity index (χ0) is 20.1. The van der Waals surface area contributed by atoms with Crippen molar-refractivity contribution in [2.24, 2.45) is 0 Å². The van der Waals surface area contributed by atoms with Crippen molar-refractivity contribution < 1.29 is 19.1 Å². The second-order valence-corrected chi connectivity index (χ2v) is 8.00. The number of benzene rings is 2. The van der Waals surface area contributed by atoms with Gasteiger partial charge in [0.1, 0.15) is 11.4 Å². The van der Waals surface area contributed by atoms with Gasteiger partial charge in [-0.15, -0.1) is 0 Å². The van der Waals surface area contributed by atoms with Gasteiger partial charge >= 0.3 is 6.09 Å². The molecular weight excluding hydrogens is 356 g/mol. The first kappa shape index (κ1) is 20.0. The van der Waals surface area contributed by atoms with Crippen LogP contribution in [-0.2, 0) is 9.53 Å². The van der Waals surface area contributed by atoms with Gasteiger partial charge in [-0.25, -0.2) is 4.79 Å². The predicted molar refractivity (Wildman–Crippen MR) is 108 cm³/mol. The molecule has 1 heterocycles. The summed E-state index contributed by atoms with van der Waals surface area (Å²) in [7, 11) is 0. The van der Waals surface area contributed by atoms with Crippen molar-refractivity contribution in [1.29, 1.82) is 0 Å². The molecule has 0 atom stereocenters. The Morgan fingerprint density at radius 1 is 0.929 bits per heavy atom. The molecule has 0 spiro atoms. The summed E-state index contributed by atoms with van der Waals surface area (Å²) in [4.78, 5) is 28.2. The summed E-state index contributed by atoms with van der Waals surface area (Å²) < 4.78 is 11.1. The number of rotatable bonds is 3. The molecule has 150 valence electrons. The van der Waals surface area contributed by atoms with Gasteiger partial charge < -0.3 is 19.3 Å². The summed E-state index contributed by atoms with van der Waals surface area (Å²) in [6.45, 7) is 7.69. The third kappa shape index (κ3) is 5.38. The number of carbonyl (C=O) groups excluding carboxylic acids is 2. The summed E-state index contributed by atoms with van der Waals surface area (Å²) in [6, 6.07) is 13.8. The van der Waals surface area contributed by atoms with E-state index in [1.165, 1.54) is 0 Å². The average Bonchev–Trinajstić information content (AvgIpc) is 2.91. The quantitative estimate of drug-likeness (QED) is 0.810. The Kier molecular flexibility index (Phi) is 6.07. The Morgan fingerprint density at radius 3 is 2.36 bits per heavy atom. The number of carbonyl (C=O) groups is 2. The van der Waals surface area contributed by atoms with Crippen LogP contribution in [0.15, 0.2) is 42.5 Å². The highest BCUT2D eigenvalue weighted by molar-refractivity contribution is 5.84. The summed E-state index contributed by atoms with van der Waals surface area (Å²) in [5, 5.41) is 2.21. The van der Waals surface area contributed by atoms with Gasteiger partial charge in [0.15, 0.2) is 6.61 Å². The Hall–Kier alpha value is -2.76. The van der Waals surface area contributed by atoms with Crippen molar-refractivity contribution in [3.8, 4) is 5.75 Å². The molecule has 0 bridgehead atoms. The van der Waals surface area contributed by atoms with E-state index in [1.54, 1.807) is 9.80 Å². The van der Waals surface area contributed by atoms with Crippen LogP contribution in [0.4, 0.5) is 4.79 Å². The molecule has 1 fully saturated rings. The molecule has 0 unspecified atom stereocenters. The monoisotopic (exact) mass is 384 g/mol. The van der Waals surface area contributed by atoms with Crippen LogP contribution in [-0.4, -0.2) is 60.2 Å². The number of fused-ring (bicyclic) bond motifs is 1. The van der Waals surface area contributed by atoms with Crippen LogP contribution < -0.4 is 4.74 Å². The lowest BCUT2D eigenvalue weighted by Gasteiger charge is -2.26. The third-order valence-electron chi connectivity index (χ3n) is 4.58. The number of hydrogen-bond acceptors (Lipinski definition) is 4. The molecular formula is C22H28N2O4. The third-order valence-corrected chi connectivity index (χ3v) is 4.58. The first-order valence-corrected chi connectivity index (χ1v) is 9.69. The van der Waals surface area contributed by atoms with Crippen molar-refractivity contribution >= 4 is 22.8 Å². The molecule has 0 saturated carbocycles. The van der Waals surface area contributed by atoms with Gasteiger partial charge in [-0.1, -0.05) is 30.3 Å². The fraction of sp³-hybridized carbons (Fsp3) is 0.455. The largest absolute Gasteiger partial charge is 0.484 e. The Balaban J connectivity index is 1.52. The smallest absolute Gasteiger partial charge is 0.410 e. The van der Waals surface area contributed by atoms with Crippen LogP contribution in [0.1, 0.15) is 27.2 Å². The highest BCUT2D eigenvalue weighted by Crippen LogP contribution is 2.20. The van der Waals surface area contributed by atoms with Gasteiger partial charge in [-0.2, -0.15) is 0 Å². The van der Waals surface area contributed by atoms with Crippen LogP contribution in [0.2, 0.25) is 0 Å². The van der Waals surface area contributed by atoms with E-state index < -0.39 is 5.60 Å². The van der Waals surface area contributed by atoms with E-state index in [2.05, 4.69) is 0 Å². The van der Waals surface area contributed by atoms with Crippen LogP contribution in [0.3, 0.4) is 0 Å². The van der Waals surface area contributed by atoms with Crippen molar-refractivity contribution in [2.45, 2.75) is 32.8 Å². The SMILES string of the molecule is CC(C)(C)OC(=O)N1CCCN(C(=O)COc2ccc3ccccc3c2)CC1. The first-order chi connectivity index (χ1) is 13.3. The Bertz CT molecular complexity index is 844. The number of hydrogen-bond donors (Lipinski definition) is 0. The van der Waals surface area contributed by atoms with Gasteiger partial charge in [0.25, 0.3) is 5.91 Å². The molecule has 0 aromatic heterocycles. The van der Waals surface area contributed by atoms with E-state index in [-0.39, 0.29) is 18.6 Å². The van der Waals surface area contributed by atoms with Gasteiger partial charge in [0.2, 0.25) is 0 Å². The molecule has 6 nitrogen and oxygen atoms in total. The number of nitrogens with zero attached hydrogens (tertiary/aromatic N) is 2. The predicted octanol–water partition coefficient (Wildman–Crippen LogP) is 3.69. The van der Waals surface area contributed by atoms with Gasteiger partial charge in [-0.3, -0.25) is 4.79 Å². The van der Waals surface area contributed by atoms with E-state index in [0.717, 1.165) is 17.2 Å². The lowest BCUT2D eigenvalue weighted by Crippen LogP contribution is -2.41. The summed E-state index contributed by atoms with van der Waals surface area (Å²) in [6.07, 6.45) is 0.398. The molecule has 6 heteroatoms. The molecule has 28 heavy (non-hydrogen) atoms. The van der Waals surface area contributed by atoms with Crippen molar-refractivity contribution in [3.63, 3.8) is 0 Å². The van der Waals surface area contributed by atoms with Crippen molar-refractivity contribution in [2.75, 3.05) is 32.8 Å². The number of ether oxygens (including phenoxy) is 2. The Labute approximate surface area is 166 Å². The molecule has 3 rings (SSSR count). The summed E-state index contributed by atoms with van der Waals surface area (Å²) >= 11 is 0. The minimum absolute atomic E-state index is 0.00915. The van der Waals surface area contributed by atoms with Crippen molar-refractivity contribution in [3.05, 3.63) is 42.5 Å². The van der Waals surface area contributed by atoms with E-state index in [9.17, 15) is 9.59 Å². The zero-order valence-electron chi connectivity index (χ0n) is 16.8. The molecule has 0 aliphatic carbocycles. The second-order valence-electron chi connectivity index (χ2n) is 8.00. The zero-order valence-corrected chi connectivity index (χ0v) is 16.8. The standard InChI is InChI=1S/C22H28N2O4/c1-22(2,3)28-21(26)24-12-6-11-23(13-14-24)20(25)16-27-19-10-9-17-7-4-5-8-18(17)15-19/h4-5,7-10,15H,6,11-14,16H2,1-3H3. The number of amides is 2.